The van der Waals surface area contributed by atoms with Gasteiger partial charge in [-0.15, -0.1) is 0 Å². The summed E-state index contributed by atoms with van der Waals surface area (Å²) in [5.41, 5.74) is 3.69. The first-order valence-corrected chi connectivity index (χ1v) is 8.81. The molecule has 28 heavy (non-hydrogen) atoms. The molecule has 0 spiro atoms. The van der Waals surface area contributed by atoms with E-state index >= 15 is 0 Å². The Kier molecular flexibility index (Phi) is 5.96. The summed E-state index contributed by atoms with van der Waals surface area (Å²) in [7, 11) is 0. The average Bonchev–Trinajstić information content (AvgIpc) is 2.66. The van der Waals surface area contributed by atoms with E-state index in [0.717, 1.165) is 5.56 Å². The fourth-order valence-electron chi connectivity index (χ4n) is 2.65. The summed E-state index contributed by atoms with van der Waals surface area (Å²) < 4.78 is 0. The fourth-order valence-corrected chi connectivity index (χ4v) is 2.65. The van der Waals surface area contributed by atoms with E-state index < -0.39 is 0 Å². The smallest absolute Gasteiger partial charge is 0.274 e. The quantitative estimate of drug-likeness (QED) is 0.612. The van der Waals surface area contributed by atoms with Crippen molar-refractivity contribution in [3.05, 3.63) is 77.6 Å². The summed E-state index contributed by atoms with van der Waals surface area (Å²) >= 11 is 0. The van der Waals surface area contributed by atoms with Crippen molar-refractivity contribution < 1.29 is 9.59 Å². The number of hydrogen-bond acceptors (Lipinski definition) is 5. The van der Waals surface area contributed by atoms with E-state index in [9.17, 15) is 9.59 Å². The molecule has 3 rings (SSSR count). The van der Waals surface area contributed by atoms with Crippen LogP contribution in [0.2, 0.25) is 0 Å². The van der Waals surface area contributed by atoms with Crippen LogP contribution in [0, 0.1) is 6.92 Å². The second kappa shape index (κ2) is 8.77. The molecule has 3 N–H and O–H groups in total. The predicted molar refractivity (Wildman–Crippen MR) is 109 cm³/mol. The maximum absolute atomic E-state index is 12.5. The van der Waals surface area contributed by atoms with E-state index in [1.54, 1.807) is 30.3 Å². The third kappa shape index (κ3) is 5.38. The van der Waals surface area contributed by atoms with Crippen LogP contribution in [0.4, 0.5) is 17.3 Å². The van der Waals surface area contributed by atoms with Crippen LogP contribution in [0.3, 0.4) is 0 Å². The Balaban J connectivity index is 1.66. The summed E-state index contributed by atoms with van der Waals surface area (Å²) in [5.74, 6) is -0.161. The van der Waals surface area contributed by atoms with Crippen molar-refractivity contribution in [2.75, 3.05) is 16.0 Å². The zero-order valence-electron chi connectivity index (χ0n) is 15.7. The number of carbonyl (C=O) groups is 2. The van der Waals surface area contributed by atoms with Crippen LogP contribution in [0.25, 0.3) is 0 Å². The molecule has 0 saturated heterocycles. The molecule has 142 valence electrons. The Morgan fingerprint density at radius 1 is 0.964 bits per heavy atom. The Morgan fingerprint density at radius 3 is 2.46 bits per heavy atom. The van der Waals surface area contributed by atoms with E-state index in [2.05, 4.69) is 32.0 Å². The summed E-state index contributed by atoms with van der Waals surface area (Å²) in [6.07, 6.45) is 1.54. The normalized spacial score (nSPS) is 10.2. The van der Waals surface area contributed by atoms with Crippen LogP contribution < -0.4 is 16.0 Å². The van der Waals surface area contributed by atoms with Crippen LogP contribution >= 0.6 is 0 Å². The van der Waals surface area contributed by atoms with E-state index in [1.165, 1.54) is 18.7 Å². The standard InChI is InChI=1S/C21H21N5O2/c1-14-5-3-6-16(11-14)13-23-21-22-10-9-19(26-21)20(28)25-18-8-4-7-17(12-18)24-15(2)27/h3-12H,13H2,1-2H3,(H,24,27)(H,25,28)(H,22,23,26). The molecule has 3 aromatic rings. The number of nitrogens with zero attached hydrogens (tertiary/aromatic N) is 2. The minimum Gasteiger partial charge on any atom is -0.350 e. The van der Waals surface area contributed by atoms with Crippen molar-refractivity contribution in [2.24, 2.45) is 0 Å². The fraction of sp³-hybridized carbons (Fsp3) is 0.143. The number of nitrogens with one attached hydrogen (secondary N) is 3. The predicted octanol–water partition coefficient (Wildman–Crippen LogP) is 3.61. The highest BCUT2D eigenvalue weighted by atomic mass is 16.2. The van der Waals surface area contributed by atoms with E-state index in [-0.39, 0.29) is 17.5 Å². The van der Waals surface area contributed by atoms with Crippen LogP contribution in [0.5, 0.6) is 0 Å². The van der Waals surface area contributed by atoms with Gasteiger partial charge in [0.2, 0.25) is 11.9 Å². The number of anilines is 3. The minimum absolute atomic E-state index is 0.177. The van der Waals surface area contributed by atoms with Crippen LogP contribution in [0.15, 0.2) is 60.8 Å². The van der Waals surface area contributed by atoms with Crippen LogP contribution in [0.1, 0.15) is 28.5 Å². The number of rotatable bonds is 6. The monoisotopic (exact) mass is 375 g/mol. The van der Waals surface area contributed by atoms with Crippen molar-refractivity contribution in [3.63, 3.8) is 0 Å². The number of aryl methyl sites for hydroxylation is 1. The number of hydrogen-bond donors (Lipinski definition) is 3. The highest BCUT2D eigenvalue weighted by molar-refractivity contribution is 6.03. The lowest BCUT2D eigenvalue weighted by molar-refractivity contribution is -0.114. The SMILES string of the molecule is CC(=O)Nc1cccc(NC(=O)c2ccnc(NCc3cccc(C)c3)n2)c1. The zero-order valence-corrected chi connectivity index (χ0v) is 15.7. The van der Waals surface area contributed by atoms with Crippen molar-refractivity contribution in [1.82, 2.24) is 9.97 Å². The number of aromatic nitrogens is 2. The maximum Gasteiger partial charge on any atom is 0.274 e. The Labute approximate surface area is 163 Å². The average molecular weight is 375 g/mol. The summed E-state index contributed by atoms with van der Waals surface area (Å²) in [4.78, 5) is 32.1. The maximum atomic E-state index is 12.5. The van der Waals surface area contributed by atoms with Crippen molar-refractivity contribution in [2.45, 2.75) is 20.4 Å². The van der Waals surface area contributed by atoms with Crippen LogP contribution in [-0.2, 0) is 11.3 Å². The molecule has 2 amide bonds. The van der Waals surface area contributed by atoms with E-state index in [0.29, 0.717) is 23.9 Å². The van der Waals surface area contributed by atoms with Gasteiger partial charge >= 0.3 is 0 Å². The van der Waals surface area contributed by atoms with Gasteiger partial charge in [0.25, 0.3) is 5.91 Å². The lowest BCUT2D eigenvalue weighted by Crippen LogP contribution is -2.15. The van der Waals surface area contributed by atoms with Crippen molar-refractivity contribution >= 4 is 29.1 Å². The topological polar surface area (TPSA) is 96.0 Å². The van der Waals surface area contributed by atoms with Crippen molar-refractivity contribution in [3.8, 4) is 0 Å². The van der Waals surface area contributed by atoms with Gasteiger partial charge in [-0.1, -0.05) is 35.9 Å². The van der Waals surface area contributed by atoms with Gasteiger partial charge in [-0.05, 0) is 36.8 Å². The molecule has 0 fully saturated rings. The van der Waals surface area contributed by atoms with Gasteiger partial charge in [-0.2, -0.15) is 0 Å². The molecule has 0 atom stereocenters. The first kappa shape index (κ1) is 19.0. The third-order valence-electron chi connectivity index (χ3n) is 3.86. The highest BCUT2D eigenvalue weighted by Gasteiger charge is 2.10. The lowest BCUT2D eigenvalue weighted by atomic mass is 10.1. The molecule has 0 unspecified atom stereocenters. The molecule has 0 aliphatic carbocycles. The molecule has 1 heterocycles. The van der Waals surface area contributed by atoms with Gasteiger partial charge in [-0.25, -0.2) is 9.97 Å². The molecule has 7 heteroatoms. The summed E-state index contributed by atoms with van der Waals surface area (Å²) in [6.45, 7) is 4.02. The number of carbonyl (C=O) groups excluding carboxylic acids is 2. The van der Waals surface area contributed by atoms with Gasteiger partial charge in [0.1, 0.15) is 5.69 Å². The first-order chi connectivity index (χ1) is 13.5. The minimum atomic E-state index is -0.360. The zero-order chi connectivity index (χ0) is 19.9. The van der Waals surface area contributed by atoms with E-state index in [4.69, 9.17) is 0 Å². The van der Waals surface area contributed by atoms with Gasteiger partial charge < -0.3 is 16.0 Å². The third-order valence-corrected chi connectivity index (χ3v) is 3.86. The molecular weight excluding hydrogens is 354 g/mol. The highest BCUT2D eigenvalue weighted by Crippen LogP contribution is 2.16. The molecule has 0 radical (unpaired) electrons. The Hall–Kier alpha value is -3.74. The number of benzene rings is 2. The molecule has 0 bridgehead atoms. The summed E-state index contributed by atoms with van der Waals surface area (Å²) in [5, 5.41) is 8.58. The second-order valence-electron chi connectivity index (χ2n) is 6.32. The molecule has 2 aromatic carbocycles. The summed E-state index contributed by atoms with van der Waals surface area (Å²) in [6, 6.07) is 16.6. The largest absolute Gasteiger partial charge is 0.350 e. The molecule has 0 aliphatic rings. The van der Waals surface area contributed by atoms with Gasteiger partial charge in [0, 0.05) is 31.0 Å². The second-order valence-corrected chi connectivity index (χ2v) is 6.32. The lowest BCUT2D eigenvalue weighted by Gasteiger charge is -2.09. The Bertz CT molecular complexity index is 1000. The van der Waals surface area contributed by atoms with Gasteiger partial charge in [0.15, 0.2) is 0 Å². The number of amides is 2. The molecular formula is C21H21N5O2. The molecule has 0 saturated carbocycles. The molecule has 1 aromatic heterocycles. The molecule has 7 nitrogen and oxygen atoms in total. The van der Waals surface area contributed by atoms with Crippen molar-refractivity contribution in [1.29, 1.82) is 0 Å². The van der Waals surface area contributed by atoms with Gasteiger partial charge in [0.05, 0.1) is 0 Å². The Morgan fingerprint density at radius 2 is 1.71 bits per heavy atom. The van der Waals surface area contributed by atoms with Crippen LogP contribution in [-0.4, -0.2) is 21.8 Å². The first-order valence-electron chi connectivity index (χ1n) is 8.81. The molecule has 0 aliphatic heterocycles. The van der Waals surface area contributed by atoms with E-state index in [1.807, 2.05) is 25.1 Å². The van der Waals surface area contributed by atoms with Gasteiger partial charge in [-0.3, -0.25) is 9.59 Å².